The van der Waals surface area contributed by atoms with E-state index in [0.717, 1.165) is 5.56 Å². The van der Waals surface area contributed by atoms with Gasteiger partial charge in [0.2, 0.25) is 0 Å². The average molecular weight is 255 g/mol. The fourth-order valence-electron chi connectivity index (χ4n) is 1.26. The van der Waals surface area contributed by atoms with E-state index >= 15 is 0 Å². The van der Waals surface area contributed by atoms with Gasteiger partial charge in [-0.25, -0.2) is 4.39 Å². The van der Waals surface area contributed by atoms with Gasteiger partial charge in [0.05, 0.1) is 22.2 Å². The molecule has 0 aliphatic carbocycles. The molecule has 1 heterocycles. The Morgan fingerprint density at radius 2 is 2.19 bits per heavy atom. The lowest BCUT2D eigenvalue weighted by molar-refractivity contribution is 0.627. The second-order valence-corrected chi connectivity index (χ2v) is 5.54. The van der Waals surface area contributed by atoms with Crippen LogP contribution in [0.2, 0.25) is 0 Å². The maximum Gasteiger partial charge on any atom is 0.147 e. The van der Waals surface area contributed by atoms with Crippen molar-refractivity contribution in [2.24, 2.45) is 0 Å². The number of rotatable bonds is 3. The highest BCUT2D eigenvalue weighted by atomic mass is 32.2. The Kier molecular flexibility index (Phi) is 3.36. The molecule has 84 valence electrons. The van der Waals surface area contributed by atoms with Crippen LogP contribution in [-0.4, -0.2) is 4.21 Å². The summed E-state index contributed by atoms with van der Waals surface area (Å²) < 4.78 is 25.0. The topological polar surface area (TPSA) is 43.1 Å². The lowest BCUT2D eigenvalue weighted by atomic mass is 10.3. The lowest BCUT2D eigenvalue weighted by Crippen LogP contribution is -1.98. The Morgan fingerprint density at radius 1 is 1.38 bits per heavy atom. The Hall–Kier alpha value is -1.20. The molecule has 0 spiro atoms. The minimum atomic E-state index is -1.22. The van der Waals surface area contributed by atoms with E-state index in [1.807, 2.05) is 16.8 Å². The first kappa shape index (κ1) is 11.3. The maximum absolute atomic E-state index is 13.2. The molecule has 2 rings (SSSR count). The lowest BCUT2D eigenvalue weighted by Gasteiger charge is -2.02. The van der Waals surface area contributed by atoms with Crippen molar-refractivity contribution in [3.8, 4) is 0 Å². The summed E-state index contributed by atoms with van der Waals surface area (Å²) in [5, 5.41) is 3.86. The monoisotopic (exact) mass is 255 g/mol. The fraction of sp³-hybridized carbons (Fsp3) is 0.0909. The first-order valence-electron chi connectivity index (χ1n) is 4.61. The van der Waals surface area contributed by atoms with Gasteiger partial charge < -0.3 is 5.73 Å². The summed E-state index contributed by atoms with van der Waals surface area (Å²) >= 11 is 1.55. The van der Waals surface area contributed by atoms with Gasteiger partial charge in [-0.05, 0) is 40.6 Å². The molecule has 16 heavy (non-hydrogen) atoms. The van der Waals surface area contributed by atoms with Crippen molar-refractivity contribution >= 4 is 27.8 Å². The van der Waals surface area contributed by atoms with Crippen molar-refractivity contribution in [1.82, 2.24) is 0 Å². The highest BCUT2D eigenvalue weighted by molar-refractivity contribution is 7.84. The van der Waals surface area contributed by atoms with E-state index in [1.54, 1.807) is 17.4 Å². The van der Waals surface area contributed by atoms with Crippen LogP contribution in [0.4, 0.5) is 10.1 Å². The van der Waals surface area contributed by atoms with Crippen molar-refractivity contribution in [2.75, 3.05) is 5.73 Å². The number of nitrogen functional groups attached to an aromatic ring is 1. The molecule has 0 fully saturated rings. The van der Waals surface area contributed by atoms with E-state index in [4.69, 9.17) is 5.73 Å². The number of benzene rings is 1. The van der Waals surface area contributed by atoms with E-state index < -0.39 is 16.6 Å². The van der Waals surface area contributed by atoms with Gasteiger partial charge in [0.15, 0.2) is 0 Å². The van der Waals surface area contributed by atoms with Gasteiger partial charge in [0.1, 0.15) is 5.82 Å². The summed E-state index contributed by atoms with van der Waals surface area (Å²) in [5.74, 6) is -0.108. The van der Waals surface area contributed by atoms with E-state index in [9.17, 15) is 8.60 Å². The molecule has 0 aliphatic rings. The Labute approximate surface area is 99.4 Å². The molecule has 0 saturated carbocycles. The number of thiophene rings is 1. The van der Waals surface area contributed by atoms with Crippen molar-refractivity contribution in [1.29, 1.82) is 0 Å². The molecular weight excluding hydrogens is 245 g/mol. The molecule has 5 heteroatoms. The molecule has 1 aromatic carbocycles. The van der Waals surface area contributed by atoms with Crippen LogP contribution in [0.3, 0.4) is 0 Å². The van der Waals surface area contributed by atoms with Crippen LogP contribution in [0, 0.1) is 5.82 Å². The molecule has 1 aromatic heterocycles. The highest BCUT2D eigenvalue weighted by Gasteiger charge is 2.08. The van der Waals surface area contributed by atoms with Crippen LogP contribution in [0.15, 0.2) is 39.9 Å². The summed E-state index contributed by atoms with van der Waals surface area (Å²) in [7, 11) is -1.22. The van der Waals surface area contributed by atoms with Crippen molar-refractivity contribution in [2.45, 2.75) is 10.6 Å². The van der Waals surface area contributed by atoms with Gasteiger partial charge in [0, 0.05) is 4.90 Å². The van der Waals surface area contributed by atoms with Crippen molar-refractivity contribution < 1.29 is 8.60 Å². The summed E-state index contributed by atoms with van der Waals surface area (Å²) in [6, 6.07) is 6.19. The van der Waals surface area contributed by atoms with E-state index in [1.165, 1.54) is 12.1 Å². The minimum Gasteiger partial charge on any atom is -0.396 e. The zero-order chi connectivity index (χ0) is 11.5. The molecule has 0 bridgehead atoms. The summed E-state index contributed by atoms with van der Waals surface area (Å²) in [6.07, 6.45) is 0. The molecule has 1 atom stereocenters. The van der Waals surface area contributed by atoms with Crippen LogP contribution in [0.1, 0.15) is 5.56 Å². The van der Waals surface area contributed by atoms with Gasteiger partial charge in [-0.15, -0.1) is 0 Å². The average Bonchev–Trinajstić information content (AvgIpc) is 2.74. The predicted octanol–water partition coefficient (Wildman–Crippen LogP) is 2.78. The molecule has 0 radical (unpaired) electrons. The molecule has 1 unspecified atom stereocenters. The van der Waals surface area contributed by atoms with Crippen LogP contribution >= 0.6 is 11.3 Å². The Balaban J connectivity index is 2.18. The SMILES string of the molecule is Nc1ccc(S(=O)Cc2ccsc2)cc1F. The van der Waals surface area contributed by atoms with Crippen LogP contribution in [0.25, 0.3) is 0 Å². The van der Waals surface area contributed by atoms with E-state index in [0.29, 0.717) is 10.6 Å². The standard InChI is InChI=1S/C11H10FNOS2/c12-10-5-9(1-2-11(10)13)16(14)7-8-3-4-15-6-8/h1-6H,7,13H2. The van der Waals surface area contributed by atoms with Crippen LogP contribution < -0.4 is 5.73 Å². The third-order valence-corrected chi connectivity index (χ3v) is 4.22. The first-order valence-corrected chi connectivity index (χ1v) is 6.87. The predicted molar refractivity (Wildman–Crippen MR) is 65.2 cm³/mol. The second-order valence-electron chi connectivity index (χ2n) is 3.30. The number of anilines is 1. The minimum absolute atomic E-state index is 0.0799. The van der Waals surface area contributed by atoms with Gasteiger partial charge in [-0.2, -0.15) is 11.3 Å². The van der Waals surface area contributed by atoms with Gasteiger partial charge in [0.25, 0.3) is 0 Å². The Bertz CT molecular complexity index is 511. The summed E-state index contributed by atoms with van der Waals surface area (Å²) in [5.41, 5.74) is 6.43. The molecule has 0 saturated heterocycles. The van der Waals surface area contributed by atoms with Gasteiger partial charge in [-0.1, -0.05) is 0 Å². The summed E-state index contributed by atoms with van der Waals surface area (Å²) in [4.78, 5) is 0.470. The van der Waals surface area contributed by atoms with E-state index in [2.05, 4.69) is 0 Å². The highest BCUT2D eigenvalue weighted by Crippen LogP contribution is 2.18. The molecule has 2 aromatic rings. The second kappa shape index (κ2) is 4.76. The molecule has 0 amide bonds. The van der Waals surface area contributed by atoms with Crippen LogP contribution in [0.5, 0.6) is 0 Å². The van der Waals surface area contributed by atoms with Gasteiger partial charge in [-0.3, -0.25) is 4.21 Å². The largest absolute Gasteiger partial charge is 0.396 e. The van der Waals surface area contributed by atoms with Crippen molar-refractivity contribution in [3.63, 3.8) is 0 Å². The first-order chi connectivity index (χ1) is 7.66. The van der Waals surface area contributed by atoms with E-state index in [-0.39, 0.29) is 5.69 Å². The number of halogens is 1. The third-order valence-electron chi connectivity index (χ3n) is 2.11. The molecule has 0 aliphatic heterocycles. The normalized spacial score (nSPS) is 12.6. The maximum atomic E-state index is 13.2. The number of hydrogen-bond acceptors (Lipinski definition) is 3. The number of hydrogen-bond donors (Lipinski definition) is 1. The molecule has 2 nitrogen and oxygen atoms in total. The number of nitrogens with two attached hydrogens (primary N) is 1. The fourth-order valence-corrected chi connectivity index (χ4v) is 3.14. The van der Waals surface area contributed by atoms with Crippen molar-refractivity contribution in [3.05, 3.63) is 46.4 Å². The zero-order valence-corrected chi connectivity index (χ0v) is 9.98. The smallest absolute Gasteiger partial charge is 0.147 e. The molecular formula is C11H10FNOS2. The molecule has 2 N–H and O–H groups in total. The van der Waals surface area contributed by atoms with Gasteiger partial charge >= 0.3 is 0 Å². The summed E-state index contributed by atoms with van der Waals surface area (Å²) in [6.45, 7) is 0. The third kappa shape index (κ3) is 2.48. The zero-order valence-electron chi connectivity index (χ0n) is 8.35. The van der Waals surface area contributed by atoms with Crippen LogP contribution in [-0.2, 0) is 16.6 Å². The Morgan fingerprint density at radius 3 is 2.81 bits per heavy atom. The quantitative estimate of drug-likeness (QED) is 0.857.